The summed E-state index contributed by atoms with van der Waals surface area (Å²) in [7, 11) is 0. The van der Waals surface area contributed by atoms with Gasteiger partial charge in [0.1, 0.15) is 0 Å². The molecule has 11 aromatic rings. The standard InChI is InChI=1S/C60H40N6/c1-3-9-41(10-4-1)43-23-31-51(32-24-43)59-63-55(37-57(65-59)53-13-7-35-61-39-53)49-27-19-47(20-28-49)45-15-17-46(18-16-45)48-21-29-50(30-22-48)56-38-58(54-14-8-36-62-40-54)66-60(64-56)52-33-25-44(26-34-52)42-11-5-2-6-12-42/h1-40H. The van der Waals surface area contributed by atoms with Gasteiger partial charge in [-0.1, -0.05) is 182 Å². The molecule has 6 heteroatoms. The lowest BCUT2D eigenvalue weighted by molar-refractivity contribution is 1.18. The highest BCUT2D eigenvalue weighted by Crippen LogP contribution is 2.33. The molecule has 7 aromatic carbocycles. The van der Waals surface area contributed by atoms with Gasteiger partial charge >= 0.3 is 0 Å². The molecule has 0 bridgehead atoms. The molecule has 0 saturated carbocycles. The van der Waals surface area contributed by atoms with Gasteiger partial charge in [0.15, 0.2) is 11.6 Å². The molecule has 11 rings (SSSR count). The topological polar surface area (TPSA) is 77.3 Å². The zero-order chi connectivity index (χ0) is 44.1. The van der Waals surface area contributed by atoms with Crippen LogP contribution in [0.2, 0.25) is 0 Å². The Bertz CT molecular complexity index is 3150. The molecule has 0 N–H and O–H groups in total. The second kappa shape index (κ2) is 18.0. The molecule has 0 fully saturated rings. The molecule has 0 aliphatic heterocycles. The molecule has 66 heavy (non-hydrogen) atoms. The number of benzene rings is 7. The van der Waals surface area contributed by atoms with Crippen molar-refractivity contribution in [3.8, 4) is 112 Å². The van der Waals surface area contributed by atoms with Crippen molar-refractivity contribution in [2.45, 2.75) is 0 Å². The van der Waals surface area contributed by atoms with Crippen molar-refractivity contribution in [2.75, 3.05) is 0 Å². The molecule has 310 valence electrons. The Morgan fingerprint density at radius 2 is 0.439 bits per heavy atom. The van der Waals surface area contributed by atoms with E-state index in [9.17, 15) is 0 Å². The first-order chi connectivity index (χ1) is 32.7. The molecule has 0 saturated heterocycles. The van der Waals surface area contributed by atoms with Crippen LogP contribution >= 0.6 is 0 Å². The van der Waals surface area contributed by atoms with Crippen LogP contribution in [0.25, 0.3) is 112 Å². The van der Waals surface area contributed by atoms with Gasteiger partial charge in [0.25, 0.3) is 0 Å². The maximum absolute atomic E-state index is 5.08. The second-order valence-electron chi connectivity index (χ2n) is 16.0. The normalized spacial score (nSPS) is 11.0. The molecule has 0 spiro atoms. The number of nitrogens with zero attached hydrogens (tertiary/aromatic N) is 6. The number of aromatic nitrogens is 6. The third kappa shape index (κ3) is 8.54. The van der Waals surface area contributed by atoms with Crippen LogP contribution in [0, 0.1) is 0 Å². The van der Waals surface area contributed by atoms with E-state index in [1.54, 1.807) is 12.4 Å². The van der Waals surface area contributed by atoms with Gasteiger partial charge in [0.2, 0.25) is 0 Å². The SMILES string of the molecule is c1ccc(-c2ccc(-c3nc(-c4ccc(-c5ccc(-c6ccc(-c7cc(-c8cccnc8)nc(-c8ccc(-c9ccccc9)cc8)n7)cc6)cc5)cc4)cc(-c4cccnc4)n3)cc2)cc1. The van der Waals surface area contributed by atoms with E-state index in [4.69, 9.17) is 19.9 Å². The molecule has 0 atom stereocenters. The smallest absolute Gasteiger partial charge is 0.160 e. The number of hydrogen-bond acceptors (Lipinski definition) is 6. The summed E-state index contributed by atoms with van der Waals surface area (Å²) in [5, 5.41) is 0. The predicted octanol–water partition coefficient (Wildman–Crippen LogP) is 14.7. The predicted molar refractivity (Wildman–Crippen MR) is 268 cm³/mol. The lowest BCUT2D eigenvalue weighted by atomic mass is 9.98. The van der Waals surface area contributed by atoms with Crippen molar-refractivity contribution in [1.29, 1.82) is 0 Å². The van der Waals surface area contributed by atoms with Gasteiger partial charge in [-0.15, -0.1) is 0 Å². The molecular formula is C60H40N6. The first-order valence-electron chi connectivity index (χ1n) is 21.9. The molecular weight excluding hydrogens is 805 g/mol. The zero-order valence-corrected chi connectivity index (χ0v) is 35.8. The van der Waals surface area contributed by atoms with E-state index in [1.165, 1.54) is 11.1 Å². The van der Waals surface area contributed by atoms with Crippen LogP contribution in [-0.2, 0) is 0 Å². The summed E-state index contributed by atoms with van der Waals surface area (Å²) in [6.45, 7) is 0. The van der Waals surface area contributed by atoms with Crippen molar-refractivity contribution in [3.05, 3.63) is 243 Å². The van der Waals surface area contributed by atoms with Gasteiger partial charge in [0, 0.05) is 58.2 Å². The Morgan fingerprint density at radius 1 is 0.197 bits per heavy atom. The van der Waals surface area contributed by atoms with Gasteiger partial charge in [-0.2, -0.15) is 0 Å². The summed E-state index contributed by atoms with van der Waals surface area (Å²) in [5.74, 6) is 1.33. The lowest BCUT2D eigenvalue weighted by Gasteiger charge is -2.11. The monoisotopic (exact) mass is 844 g/mol. The van der Waals surface area contributed by atoms with Gasteiger partial charge in [0.05, 0.1) is 22.8 Å². The number of hydrogen-bond donors (Lipinski definition) is 0. The summed E-state index contributed by atoms with van der Waals surface area (Å²) < 4.78 is 0. The minimum atomic E-state index is 0.667. The van der Waals surface area contributed by atoms with Crippen LogP contribution in [0.4, 0.5) is 0 Å². The van der Waals surface area contributed by atoms with Crippen LogP contribution in [0.5, 0.6) is 0 Å². The Labute approximate surface area is 383 Å². The van der Waals surface area contributed by atoms with Crippen molar-refractivity contribution in [3.63, 3.8) is 0 Å². The molecule has 0 radical (unpaired) electrons. The first-order valence-corrected chi connectivity index (χ1v) is 21.9. The molecule has 0 unspecified atom stereocenters. The molecule has 0 aliphatic carbocycles. The molecule has 6 nitrogen and oxygen atoms in total. The maximum atomic E-state index is 5.08. The van der Waals surface area contributed by atoms with E-state index in [0.29, 0.717) is 11.6 Å². The zero-order valence-electron chi connectivity index (χ0n) is 35.8. The largest absolute Gasteiger partial charge is 0.264 e. The molecule has 4 aromatic heterocycles. The second-order valence-corrected chi connectivity index (χ2v) is 16.0. The Kier molecular flexibility index (Phi) is 10.9. The van der Waals surface area contributed by atoms with E-state index >= 15 is 0 Å². The van der Waals surface area contributed by atoms with Crippen molar-refractivity contribution < 1.29 is 0 Å². The van der Waals surface area contributed by atoms with Crippen LogP contribution in [0.3, 0.4) is 0 Å². The Morgan fingerprint density at radius 3 is 0.727 bits per heavy atom. The summed E-state index contributed by atoms with van der Waals surface area (Å²) in [4.78, 5) is 28.9. The van der Waals surface area contributed by atoms with E-state index in [0.717, 1.165) is 89.5 Å². The summed E-state index contributed by atoms with van der Waals surface area (Å²) in [6.07, 6.45) is 7.24. The molecule has 0 aliphatic rings. The van der Waals surface area contributed by atoms with Crippen LogP contribution in [-0.4, -0.2) is 29.9 Å². The van der Waals surface area contributed by atoms with Gasteiger partial charge in [-0.05, 0) is 80.9 Å². The van der Waals surface area contributed by atoms with Crippen molar-refractivity contribution in [1.82, 2.24) is 29.9 Å². The summed E-state index contributed by atoms with van der Waals surface area (Å²) in [5.41, 5.74) is 18.3. The van der Waals surface area contributed by atoms with Gasteiger partial charge < -0.3 is 0 Å². The fraction of sp³-hybridized carbons (Fsp3) is 0. The molecule has 0 amide bonds. The van der Waals surface area contributed by atoms with E-state index in [2.05, 4.69) is 180 Å². The van der Waals surface area contributed by atoms with E-state index in [1.807, 2.05) is 60.9 Å². The third-order valence-corrected chi connectivity index (χ3v) is 11.8. The number of pyridine rings is 2. The lowest BCUT2D eigenvalue weighted by Crippen LogP contribution is -1.96. The maximum Gasteiger partial charge on any atom is 0.160 e. The third-order valence-electron chi connectivity index (χ3n) is 11.8. The molecule has 4 heterocycles. The fourth-order valence-corrected chi connectivity index (χ4v) is 8.18. The highest BCUT2D eigenvalue weighted by atomic mass is 14.9. The van der Waals surface area contributed by atoms with Crippen molar-refractivity contribution in [2.24, 2.45) is 0 Å². The highest BCUT2D eigenvalue weighted by molar-refractivity contribution is 5.78. The fourth-order valence-electron chi connectivity index (χ4n) is 8.18. The minimum Gasteiger partial charge on any atom is -0.264 e. The first kappa shape index (κ1) is 39.8. The minimum absolute atomic E-state index is 0.667. The number of rotatable bonds is 10. The van der Waals surface area contributed by atoms with Crippen molar-refractivity contribution >= 4 is 0 Å². The summed E-state index contributed by atoms with van der Waals surface area (Å²) >= 11 is 0. The quantitative estimate of drug-likeness (QED) is 0.136. The van der Waals surface area contributed by atoms with E-state index < -0.39 is 0 Å². The highest BCUT2D eigenvalue weighted by Gasteiger charge is 2.14. The van der Waals surface area contributed by atoms with Gasteiger partial charge in [-0.25, -0.2) is 19.9 Å². The Hall–Kier alpha value is -9.00. The van der Waals surface area contributed by atoms with Crippen LogP contribution < -0.4 is 0 Å². The summed E-state index contributed by atoms with van der Waals surface area (Å²) in [6, 6.07) is 75.6. The van der Waals surface area contributed by atoms with Crippen LogP contribution in [0.15, 0.2) is 243 Å². The average molecular weight is 845 g/mol. The van der Waals surface area contributed by atoms with Gasteiger partial charge in [-0.3, -0.25) is 9.97 Å². The van der Waals surface area contributed by atoms with Crippen LogP contribution in [0.1, 0.15) is 0 Å². The average Bonchev–Trinajstić information content (AvgIpc) is 3.42. The van der Waals surface area contributed by atoms with E-state index in [-0.39, 0.29) is 0 Å². The Balaban J connectivity index is 0.839.